The second-order valence-corrected chi connectivity index (χ2v) is 16.4. The van der Waals surface area contributed by atoms with E-state index in [-0.39, 0.29) is 69.5 Å². The van der Waals surface area contributed by atoms with Crippen LogP contribution >= 0.6 is 0 Å². The molecule has 338 valence electrons. The number of aryl methyl sites for hydroxylation is 1. The van der Waals surface area contributed by atoms with Crippen molar-refractivity contribution in [2.24, 2.45) is 22.9 Å². The number of aliphatic hydroxyl groups excluding tert-OH is 2. The highest BCUT2D eigenvalue weighted by atomic mass is 16.7. The first-order valence-corrected chi connectivity index (χ1v) is 22.2. The minimum absolute atomic E-state index is 0.0206. The molecule has 14 nitrogen and oxygen atoms in total. The van der Waals surface area contributed by atoms with Gasteiger partial charge in [-0.05, 0) is 111 Å². The molecule has 0 saturated heterocycles. The van der Waals surface area contributed by atoms with E-state index < -0.39 is 28.8 Å². The third-order valence-electron chi connectivity index (χ3n) is 12.2. The average Bonchev–Trinajstić information content (AvgIpc) is 3.28. The van der Waals surface area contributed by atoms with Gasteiger partial charge in [0.1, 0.15) is 30.8 Å². The number of allylic oxidation sites excluding steroid dienone is 1. The van der Waals surface area contributed by atoms with Crippen molar-refractivity contribution in [2.75, 3.05) is 33.0 Å². The summed E-state index contributed by atoms with van der Waals surface area (Å²) in [5, 5.41) is 36.1. The Kier molecular flexibility index (Phi) is 16.9. The van der Waals surface area contributed by atoms with E-state index in [1.807, 2.05) is 44.2 Å². The van der Waals surface area contributed by atoms with E-state index in [9.17, 15) is 25.1 Å². The molecule has 0 spiro atoms. The Bertz CT molecular complexity index is 2090. The van der Waals surface area contributed by atoms with Crippen LogP contribution in [0.25, 0.3) is 0 Å². The first-order chi connectivity index (χ1) is 30.7. The monoisotopic (exact) mass is 866 g/mol. The molecule has 1 aliphatic heterocycles. The molecular weight excluding hydrogens is 805 g/mol. The van der Waals surface area contributed by atoms with Gasteiger partial charge in [-0.15, -0.1) is 13.2 Å². The third kappa shape index (κ3) is 11.2. The number of hydrogen-bond donors (Lipinski definition) is 2. The number of ether oxygens (including phenoxy) is 4. The van der Waals surface area contributed by atoms with E-state index in [2.05, 4.69) is 30.3 Å². The van der Waals surface area contributed by atoms with E-state index in [0.717, 1.165) is 48.2 Å². The lowest BCUT2D eigenvalue weighted by atomic mass is 9.55. The van der Waals surface area contributed by atoms with Crippen LogP contribution in [0.5, 0.6) is 11.5 Å². The number of carbonyl (C=O) groups is 1. The lowest BCUT2D eigenvalue weighted by Gasteiger charge is -2.59. The summed E-state index contributed by atoms with van der Waals surface area (Å²) in [6, 6.07) is 17.1. The SMILES string of the molecule is C=CCCOC(=O)N(CCC)C1CC(=NOCc2ccc([N+](=O)[O-])cc2)C2=CC(CCCCO)C(CCCCO)C3c4cc(OCc5cccc(C)n5)ccc4OC1(OCC=C)C23. The number of rotatable bonds is 24. The molecule has 14 heteroatoms. The predicted molar refractivity (Wildman–Crippen MR) is 239 cm³/mol. The number of benzene rings is 2. The number of oxime groups is 1. The van der Waals surface area contributed by atoms with Crippen LogP contribution in [0.15, 0.2) is 103 Å². The van der Waals surface area contributed by atoms with Crippen molar-refractivity contribution in [3.63, 3.8) is 0 Å². The molecule has 6 rings (SSSR count). The van der Waals surface area contributed by atoms with Gasteiger partial charge >= 0.3 is 6.09 Å². The van der Waals surface area contributed by atoms with E-state index >= 15 is 0 Å². The number of nitro groups is 1. The Morgan fingerprint density at radius 3 is 2.52 bits per heavy atom. The maximum absolute atomic E-state index is 14.3. The molecule has 6 unspecified atom stereocenters. The van der Waals surface area contributed by atoms with Crippen molar-refractivity contribution in [2.45, 2.75) is 103 Å². The molecule has 0 radical (unpaired) electrons. The fraction of sp³-hybridized carbons (Fsp3) is 0.490. The topological polar surface area (TPSA) is 175 Å². The smallest absolute Gasteiger partial charge is 0.410 e. The van der Waals surface area contributed by atoms with Crippen molar-refractivity contribution in [1.82, 2.24) is 9.88 Å². The summed E-state index contributed by atoms with van der Waals surface area (Å²) >= 11 is 0. The van der Waals surface area contributed by atoms with Crippen LogP contribution in [-0.2, 0) is 27.5 Å². The second-order valence-electron chi connectivity index (χ2n) is 16.4. The summed E-state index contributed by atoms with van der Waals surface area (Å²) in [5.41, 5.74) is 4.81. The number of aromatic nitrogens is 1. The molecule has 6 atom stereocenters. The van der Waals surface area contributed by atoms with Gasteiger partial charge < -0.3 is 34.0 Å². The van der Waals surface area contributed by atoms with Crippen molar-refractivity contribution >= 4 is 17.5 Å². The van der Waals surface area contributed by atoms with Gasteiger partial charge in [0.2, 0.25) is 5.79 Å². The van der Waals surface area contributed by atoms with Gasteiger partial charge in [0.25, 0.3) is 5.69 Å². The molecule has 2 heterocycles. The van der Waals surface area contributed by atoms with Gasteiger partial charge in [-0.3, -0.25) is 20.0 Å². The predicted octanol–water partition coefficient (Wildman–Crippen LogP) is 9.14. The van der Waals surface area contributed by atoms with Crippen LogP contribution in [0.4, 0.5) is 10.5 Å². The highest BCUT2D eigenvalue weighted by molar-refractivity contribution is 6.03. The Balaban J connectivity index is 1.54. The fourth-order valence-electron chi connectivity index (χ4n) is 9.40. The van der Waals surface area contributed by atoms with Gasteiger partial charge in [0.15, 0.2) is 0 Å². The Hall–Kier alpha value is -5.57. The lowest BCUT2D eigenvalue weighted by Crippen LogP contribution is -2.70. The van der Waals surface area contributed by atoms with Gasteiger partial charge in [-0.25, -0.2) is 4.79 Å². The number of carbonyl (C=O) groups excluding carboxylic acids is 1. The highest BCUT2D eigenvalue weighted by Gasteiger charge is 2.65. The molecule has 0 bridgehead atoms. The van der Waals surface area contributed by atoms with E-state index in [4.69, 9.17) is 28.9 Å². The molecule has 2 aromatic carbocycles. The number of nitrogens with zero attached hydrogens (tertiary/aromatic N) is 4. The summed E-state index contributed by atoms with van der Waals surface area (Å²) in [7, 11) is 0. The van der Waals surface area contributed by atoms with Crippen LogP contribution in [-0.4, -0.2) is 81.6 Å². The summed E-state index contributed by atoms with van der Waals surface area (Å²) < 4.78 is 26.6. The minimum atomic E-state index is -1.44. The largest absolute Gasteiger partial charge is 0.487 e. The number of aliphatic hydroxyl groups is 2. The zero-order chi connectivity index (χ0) is 44.8. The lowest BCUT2D eigenvalue weighted by molar-refractivity contribution is -0.384. The average molecular weight is 867 g/mol. The first kappa shape index (κ1) is 46.9. The zero-order valence-corrected chi connectivity index (χ0v) is 36.6. The quantitative estimate of drug-likeness (QED) is 0.0380. The van der Waals surface area contributed by atoms with E-state index in [1.165, 1.54) is 12.1 Å². The normalized spacial score (nSPS) is 22.8. The number of hydrogen-bond acceptors (Lipinski definition) is 12. The van der Waals surface area contributed by atoms with Crippen LogP contribution in [0.3, 0.4) is 0 Å². The summed E-state index contributed by atoms with van der Waals surface area (Å²) in [5.74, 6) is -0.906. The number of pyridine rings is 1. The van der Waals surface area contributed by atoms with Gasteiger partial charge in [-0.1, -0.05) is 49.2 Å². The number of non-ortho nitro benzene ring substituents is 1. The van der Waals surface area contributed by atoms with E-state index in [0.29, 0.717) is 55.0 Å². The third-order valence-corrected chi connectivity index (χ3v) is 12.2. The number of amides is 1. The number of unbranched alkanes of at least 4 members (excludes halogenated alkanes) is 2. The van der Waals surface area contributed by atoms with Crippen LogP contribution in [0, 0.1) is 34.8 Å². The molecular formula is C49H62N4O10. The molecule has 63 heavy (non-hydrogen) atoms. The Morgan fingerprint density at radius 2 is 1.83 bits per heavy atom. The molecule has 1 amide bonds. The van der Waals surface area contributed by atoms with Crippen molar-refractivity contribution in [3.8, 4) is 11.5 Å². The van der Waals surface area contributed by atoms with Crippen LogP contribution in [0.1, 0.15) is 93.1 Å². The van der Waals surface area contributed by atoms with Gasteiger partial charge in [0.05, 0.1) is 35.5 Å². The first-order valence-electron chi connectivity index (χ1n) is 22.2. The molecule has 1 aromatic heterocycles. The molecule has 2 aliphatic carbocycles. The summed E-state index contributed by atoms with van der Waals surface area (Å²) in [4.78, 5) is 37.7. The minimum Gasteiger partial charge on any atom is -0.487 e. The molecule has 1 saturated carbocycles. The summed E-state index contributed by atoms with van der Waals surface area (Å²) in [6.45, 7) is 12.8. The zero-order valence-electron chi connectivity index (χ0n) is 36.6. The maximum Gasteiger partial charge on any atom is 0.410 e. The fourth-order valence-corrected chi connectivity index (χ4v) is 9.40. The van der Waals surface area contributed by atoms with E-state index in [1.54, 1.807) is 29.2 Å². The van der Waals surface area contributed by atoms with Gasteiger partial charge in [0, 0.05) is 55.5 Å². The van der Waals surface area contributed by atoms with Crippen molar-refractivity contribution < 1.29 is 43.7 Å². The van der Waals surface area contributed by atoms with Crippen LogP contribution < -0.4 is 9.47 Å². The number of nitro benzene ring substituents is 1. The van der Waals surface area contributed by atoms with Crippen molar-refractivity contribution in [1.29, 1.82) is 0 Å². The Labute approximate surface area is 370 Å². The maximum atomic E-state index is 14.3. The summed E-state index contributed by atoms with van der Waals surface area (Å²) in [6.07, 6.45) is 10.9. The highest BCUT2D eigenvalue weighted by Crippen LogP contribution is 2.62. The molecule has 3 aromatic rings. The van der Waals surface area contributed by atoms with Crippen molar-refractivity contribution in [3.05, 3.63) is 130 Å². The second kappa shape index (κ2) is 22.7. The molecule has 2 N–H and O–H groups in total. The molecule has 1 fully saturated rings. The van der Waals surface area contributed by atoms with Crippen LogP contribution in [0.2, 0.25) is 0 Å². The Morgan fingerprint density at radius 1 is 1.05 bits per heavy atom. The molecule has 3 aliphatic rings. The van der Waals surface area contributed by atoms with Gasteiger partial charge in [-0.2, -0.15) is 0 Å². The standard InChI is InChI=1S/C49H62N4O10/c1-5-8-28-59-48(56)52(24-6-2)45-31-43(51-62-32-35-18-20-38(21-19-35)53(57)58)41-29-36(15-9-11-25-54)40(17-10-12-26-55)46-42-30-39(60-33-37-16-13-14-34(4)50-37)22-23-44(42)63-49(45,47(41)46)61-27-7-3/h5,7,13-14,16,18-23,29-30,36,40,45-47,54-55H,1,3,6,8-12,15,17,24-28,31-33H2,2,4H3. The number of fused-ring (bicyclic) bond motifs is 2.